The molecule has 2 aliphatic rings. The molecule has 2 heteroatoms. The first kappa shape index (κ1) is 44.8. The van der Waals surface area contributed by atoms with Crippen molar-refractivity contribution in [2.24, 2.45) is 0 Å². The molecule has 15 aromatic rings. The average Bonchev–Trinajstić information content (AvgIpc) is 3.94. The van der Waals surface area contributed by atoms with Gasteiger partial charge in [0.15, 0.2) is 0 Å². The molecule has 0 fully saturated rings. The van der Waals surface area contributed by atoms with Gasteiger partial charge in [-0.05, 0) is 137 Å². The second-order valence-electron chi connectivity index (χ2n) is 21.8. The van der Waals surface area contributed by atoms with Crippen LogP contribution in [0.4, 0.5) is 0 Å². The summed E-state index contributed by atoms with van der Waals surface area (Å²) in [6.45, 7) is 0. The molecule has 0 unspecified atom stereocenters. The smallest absolute Gasteiger partial charge is 0.0714 e. The number of aromatic nitrogens is 2. The van der Waals surface area contributed by atoms with Crippen LogP contribution in [-0.4, -0.2) is 9.13 Å². The maximum atomic E-state index is 2.56. The van der Waals surface area contributed by atoms with Crippen LogP contribution in [-0.2, 0) is 10.8 Å². The van der Waals surface area contributed by atoms with Gasteiger partial charge in [0.25, 0.3) is 0 Å². The third-order valence-corrected chi connectivity index (χ3v) is 18.1. The number of rotatable bonds is 7. The van der Waals surface area contributed by atoms with E-state index in [1.165, 1.54) is 132 Å². The molecule has 80 heavy (non-hydrogen) atoms. The van der Waals surface area contributed by atoms with E-state index in [0.29, 0.717) is 0 Å². The van der Waals surface area contributed by atoms with E-state index in [0.717, 1.165) is 11.4 Å². The van der Waals surface area contributed by atoms with Gasteiger partial charge in [-0.2, -0.15) is 0 Å². The Bertz CT molecular complexity index is 4710. The van der Waals surface area contributed by atoms with Gasteiger partial charge in [-0.25, -0.2) is 0 Å². The minimum absolute atomic E-state index is 0.557. The number of fused-ring (bicyclic) bond motifs is 13. The third-order valence-electron chi connectivity index (χ3n) is 18.1. The van der Waals surface area contributed by atoms with Crippen molar-refractivity contribution in [3.8, 4) is 44.8 Å². The van der Waals surface area contributed by atoms with Crippen LogP contribution in [0.15, 0.2) is 303 Å². The minimum atomic E-state index is -0.557. The SMILES string of the molecule is c1ccc(C2(c3ccc4c5ccc(C6(c7ccccc7)c7ccccc7-c7ccccc76)cc5n(-c5ccc(-c6cccc7c6c6ccccc6n7-c6ccc7ccccc7c6)cc5)c4c3)c3ccccc3-c3ccccc32)cc1. The van der Waals surface area contributed by atoms with Crippen LogP contribution >= 0.6 is 0 Å². The predicted octanol–water partition coefficient (Wildman–Crippen LogP) is 19.4. The molecule has 0 saturated heterocycles. The minimum Gasteiger partial charge on any atom is -0.309 e. The van der Waals surface area contributed by atoms with E-state index in [1.54, 1.807) is 0 Å². The lowest BCUT2D eigenvalue weighted by Crippen LogP contribution is -2.28. The zero-order valence-electron chi connectivity index (χ0n) is 43.8. The fourth-order valence-electron chi connectivity index (χ4n) is 14.8. The summed E-state index contributed by atoms with van der Waals surface area (Å²) in [4.78, 5) is 0. The standard InChI is InChI=1S/C78H50N2/c1-3-22-54(23-4-1)77(68-32-14-9-26-61(68)62-27-10-15-33-69(62)77)56-41-46-65-66-47-42-57(78(55-24-5-2-6-25-55)70-34-16-11-28-63(70)64-29-12-17-35-71(64)78)50-75(66)79(74(65)49-56)58-43-39-52(40-44-58)60-31-19-37-73-76(60)67-30-13-18-36-72(67)80(73)59-45-38-51-20-7-8-21-53(51)48-59/h1-50H. The Labute approximate surface area is 464 Å². The summed E-state index contributed by atoms with van der Waals surface area (Å²) in [7, 11) is 0. The molecule has 372 valence electrons. The van der Waals surface area contributed by atoms with E-state index in [4.69, 9.17) is 0 Å². The third kappa shape index (κ3) is 6.08. The molecule has 0 bridgehead atoms. The highest BCUT2D eigenvalue weighted by atomic mass is 15.0. The Balaban J connectivity index is 0.924. The maximum absolute atomic E-state index is 2.56. The number of nitrogens with zero attached hydrogens (tertiary/aromatic N) is 2. The number of hydrogen-bond donors (Lipinski definition) is 0. The Kier molecular flexibility index (Phi) is 9.58. The summed E-state index contributed by atoms with van der Waals surface area (Å²) in [5, 5.41) is 7.39. The largest absolute Gasteiger partial charge is 0.309 e. The van der Waals surface area contributed by atoms with Crippen molar-refractivity contribution in [1.82, 2.24) is 9.13 Å². The van der Waals surface area contributed by atoms with Gasteiger partial charge < -0.3 is 9.13 Å². The molecule has 17 rings (SSSR count). The Morgan fingerprint density at radius 2 is 0.650 bits per heavy atom. The molecule has 0 N–H and O–H groups in total. The first-order chi connectivity index (χ1) is 39.7. The van der Waals surface area contributed by atoms with E-state index in [1.807, 2.05) is 0 Å². The summed E-state index contributed by atoms with van der Waals surface area (Å²) in [5.74, 6) is 0. The lowest BCUT2D eigenvalue weighted by Gasteiger charge is -2.34. The number of hydrogen-bond acceptors (Lipinski definition) is 0. The van der Waals surface area contributed by atoms with Gasteiger partial charge in [0.1, 0.15) is 0 Å². The highest BCUT2D eigenvalue weighted by Gasteiger charge is 2.48. The van der Waals surface area contributed by atoms with Crippen molar-refractivity contribution in [3.05, 3.63) is 348 Å². The molecule has 0 amide bonds. The van der Waals surface area contributed by atoms with Gasteiger partial charge in [0.05, 0.1) is 32.9 Å². The summed E-state index contributed by atoms with van der Waals surface area (Å²) in [5.41, 5.74) is 23.6. The monoisotopic (exact) mass is 1010 g/mol. The number of benzene rings is 13. The molecule has 13 aromatic carbocycles. The van der Waals surface area contributed by atoms with Crippen LogP contribution in [0.25, 0.3) is 99.1 Å². The molecule has 2 aromatic heterocycles. The van der Waals surface area contributed by atoms with Gasteiger partial charge in [-0.1, -0.05) is 255 Å². The van der Waals surface area contributed by atoms with Crippen molar-refractivity contribution in [1.29, 1.82) is 0 Å². The Morgan fingerprint density at radius 1 is 0.225 bits per heavy atom. The highest BCUT2D eigenvalue weighted by Crippen LogP contribution is 2.59. The molecular formula is C78H50N2. The van der Waals surface area contributed by atoms with E-state index < -0.39 is 10.8 Å². The second kappa shape index (κ2) is 17.1. The van der Waals surface area contributed by atoms with Gasteiger partial charge in [-0.15, -0.1) is 0 Å². The zero-order valence-corrected chi connectivity index (χ0v) is 43.8. The van der Waals surface area contributed by atoms with Crippen molar-refractivity contribution in [3.63, 3.8) is 0 Å². The van der Waals surface area contributed by atoms with Crippen molar-refractivity contribution >= 4 is 54.4 Å². The van der Waals surface area contributed by atoms with Gasteiger partial charge in [0.2, 0.25) is 0 Å². The van der Waals surface area contributed by atoms with Crippen LogP contribution in [0.1, 0.15) is 44.5 Å². The van der Waals surface area contributed by atoms with E-state index in [2.05, 4.69) is 312 Å². The molecule has 0 atom stereocenters. The van der Waals surface area contributed by atoms with Crippen LogP contribution in [0.3, 0.4) is 0 Å². The predicted molar refractivity (Wildman–Crippen MR) is 333 cm³/mol. The number of para-hydroxylation sites is 1. The lowest BCUT2D eigenvalue weighted by molar-refractivity contribution is 0.769. The summed E-state index contributed by atoms with van der Waals surface area (Å²) in [6, 6.07) is 114. The zero-order chi connectivity index (χ0) is 52.5. The lowest BCUT2D eigenvalue weighted by atomic mass is 9.67. The van der Waals surface area contributed by atoms with Crippen LogP contribution in [0.2, 0.25) is 0 Å². The quantitative estimate of drug-likeness (QED) is 0.151. The maximum Gasteiger partial charge on any atom is 0.0714 e. The average molecular weight is 1020 g/mol. The molecule has 0 radical (unpaired) electrons. The van der Waals surface area contributed by atoms with Crippen molar-refractivity contribution in [2.45, 2.75) is 10.8 Å². The molecular weight excluding hydrogens is 965 g/mol. The summed E-state index contributed by atoms with van der Waals surface area (Å²) in [6.07, 6.45) is 0. The molecule has 2 aliphatic carbocycles. The van der Waals surface area contributed by atoms with Crippen LogP contribution < -0.4 is 0 Å². The fourth-order valence-corrected chi connectivity index (χ4v) is 14.8. The normalized spacial score (nSPS) is 13.7. The first-order valence-electron chi connectivity index (χ1n) is 27.9. The van der Waals surface area contributed by atoms with E-state index in [-0.39, 0.29) is 0 Å². The van der Waals surface area contributed by atoms with Gasteiger partial charge in [0, 0.05) is 32.9 Å². The Morgan fingerprint density at radius 3 is 1.20 bits per heavy atom. The van der Waals surface area contributed by atoms with E-state index >= 15 is 0 Å². The fraction of sp³-hybridized carbons (Fsp3) is 0.0256. The topological polar surface area (TPSA) is 9.86 Å². The Hall–Kier alpha value is -10.3. The summed E-state index contributed by atoms with van der Waals surface area (Å²) >= 11 is 0. The van der Waals surface area contributed by atoms with Crippen molar-refractivity contribution < 1.29 is 0 Å². The molecule has 0 saturated carbocycles. The van der Waals surface area contributed by atoms with Crippen LogP contribution in [0.5, 0.6) is 0 Å². The van der Waals surface area contributed by atoms with Gasteiger partial charge >= 0.3 is 0 Å². The molecule has 0 spiro atoms. The van der Waals surface area contributed by atoms with Gasteiger partial charge in [-0.3, -0.25) is 0 Å². The highest BCUT2D eigenvalue weighted by molar-refractivity contribution is 6.16. The van der Waals surface area contributed by atoms with E-state index in [9.17, 15) is 0 Å². The second-order valence-corrected chi connectivity index (χ2v) is 21.8. The summed E-state index contributed by atoms with van der Waals surface area (Å²) < 4.78 is 5.00. The molecule has 2 nitrogen and oxygen atoms in total. The first-order valence-corrected chi connectivity index (χ1v) is 27.9. The molecule has 0 aliphatic heterocycles. The molecule has 2 heterocycles. The van der Waals surface area contributed by atoms with Crippen LogP contribution in [0, 0.1) is 0 Å². The van der Waals surface area contributed by atoms with Crippen molar-refractivity contribution in [2.75, 3.05) is 0 Å².